The molecule has 2 aliphatic carbocycles. The second kappa shape index (κ2) is 6.19. The first kappa shape index (κ1) is 19.3. The van der Waals surface area contributed by atoms with Crippen LogP contribution in [-0.2, 0) is 26.2 Å². The molecule has 0 saturated carbocycles. The number of hydrogen-bond acceptors (Lipinski definition) is 8. The lowest BCUT2D eigenvalue weighted by molar-refractivity contribution is -0.173. The molecule has 2 heterocycles. The summed E-state index contributed by atoms with van der Waals surface area (Å²) in [5, 5.41) is 41.0. The summed E-state index contributed by atoms with van der Waals surface area (Å²) in [6, 6.07) is 3.23. The van der Waals surface area contributed by atoms with Gasteiger partial charge in [-0.25, -0.2) is 4.79 Å². The number of likely N-dealkylation sites (N-methyl/N-ethyl adjacent to an activating group) is 1. The first-order valence-corrected chi connectivity index (χ1v) is 9.95. The normalized spacial score (nSPS) is 34.4. The van der Waals surface area contributed by atoms with Gasteiger partial charge in [-0.15, -0.1) is 0 Å². The molecule has 2 unspecified atom stereocenters. The molecule has 30 heavy (non-hydrogen) atoms. The molecule has 2 bridgehead atoms. The van der Waals surface area contributed by atoms with Gasteiger partial charge in [-0.3, -0.25) is 4.79 Å². The average molecular weight is 417 g/mol. The number of esters is 1. The number of aliphatic carboxylic acids is 1. The summed E-state index contributed by atoms with van der Waals surface area (Å²) in [7, 11) is 1.97. The predicted octanol–water partition coefficient (Wildman–Crippen LogP) is 0.0487. The highest BCUT2D eigenvalue weighted by Gasteiger charge is 2.72. The van der Waals surface area contributed by atoms with Crippen molar-refractivity contribution in [3.8, 4) is 11.5 Å². The van der Waals surface area contributed by atoms with E-state index in [1.54, 1.807) is 12.1 Å². The van der Waals surface area contributed by atoms with Crippen LogP contribution < -0.4 is 4.74 Å². The third-order valence-electron chi connectivity index (χ3n) is 7.21. The van der Waals surface area contributed by atoms with E-state index in [0.717, 1.165) is 11.1 Å². The monoisotopic (exact) mass is 417 g/mol. The zero-order chi connectivity index (χ0) is 21.4. The number of likely N-dealkylation sites (tertiary alicyclic amines) is 1. The van der Waals surface area contributed by atoms with Gasteiger partial charge >= 0.3 is 11.9 Å². The lowest BCUT2D eigenvalue weighted by Crippen LogP contribution is -2.74. The Balaban J connectivity index is 1.60. The first-order valence-electron chi connectivity index (χ1n) is 9.95. The standard InChI is InChI=1S/C21H23NO8/c1-22-7-6-20-16-10-2-3-11(23)17(16)30-18(20)13(4-5-21(20,28)14(22)8-10)29-19(27)12(24)9-15(25)26/h2-4,12,14,18,23-24,28H,5-9H2,1H3,(H,25,26)/t12-,14+,18?,20?,21+/m0/s1. The van der Waals surface area contributed by atoms with Crippen LogP contribution in [0.2, 0.25) is 0 Å². The lowest BCUT2D eigenvalue weighted by atomic mass is 9.50. The average Bonchev–Trinajstić information content (AvgIpc) is 3.04. The van der Waals surface area contributed by atoms with Gasteiger partial charge in [0.25, 0.3) is 0 Å². The van der Waals surface area contributed by atoms with Crippen molar-refractivity contribution >= 4 is 11.9 Å². The van der Waals surface area contributed by atoms with E-state index in [-0.39, 0.29) is 29.7 Å². The van der Waals surface area contributed by atoms with E-state index in [9.17, 15) is 24.9 Å². The maximum atomic E-state index is 12.3. The van der Waals surface area contributed by atoms with Crippen molar-refractivity contribution < 1.29 is 39.5 Å². The molecule has 0 amide bonds. The van der Waals surface area contributed by atoms with Crippen LogP contribution in [0.25, 0.3) is 0 Å². The number of nitrogens with zero attached hydrogens (tertiary/aromatic N) is 1. The Kier molecular flexibility index (Phi) is 3.99. The van der Waals surface area contributed by atoms with E-state index in [1.807, 2.05) is 13.1 Å². The molecule has 1 saturated heterocycles. The first-order chi connectivity index (χ1) is 14.2. The van der Waals surface area contributed by atoms with Crippen molar-refractivity contribution in [1.29, 1.82) is 0 Å². The van der Waals surface area contributed by atoms with Crippen molar-refractivity contribution in [1.82, 2.24) is 4.90 Å². The number of carbonyl (C=O) groups is 2. The van der Waals surface area contributed by atoms with Crippen LogP contribution >= 0.6 is 0 Å². The zero-order valence-corrected chi connectivity index (χ0v) is 16.4. The summed E-state index contributed by atoms with van der Waals surface area (Å²) >= 11 is 0. The van der Waals surface area contributed by atoms with Gasteiger partial charge in [0.2, 0.25) is 0 Å². The molecule has 5 rings (SSSR count). The molecular weight excluding hydrogens is 394 g/mol. The number of phenolic OH excluding ortho intramolecular Hbond substituents is 1. The van der Waals surface area contributed by atoms with Crippen molar-refractivity contribution in [3.05, 3.63) is 35.1 Å². The second-order valence-corrected chi connectivity index (χ2v) is 8.64. The highest BCUT2D eigenvalue weighted by Crippen LogP contribution is 2.65. The molecule has 1 fully saturated rings. The van der Waals surface area contributed by atoms with Crippen LogP contribution in [0.1, 0.15) is 30.4 Å². The molecule has 4 N–H and O–H groups in total. The maximum Gasteiger partial charge on any atom is 0.340 e. The predicted molar refractivity (Wildman–Crippen MR) is 101 cm³/mol. The van der Waals surface area contributed by atoms with Crippen molar-refractivity contribution in [3.63, 3.8) is 0 Å². The largest absolute Gasteiger partial charge is 0.504 e. The molecule has 0 radical (unpaired) electrons. The van der Waals surface area contributed by atoms with Crippen molar-refractivity contribution in [2.45, 2.75) is 54.9 Å². The Bertz CT molecular complexity index is 989. The van der Waals surface area contributed by atoms with E-state index in [2.05, 4.69) is 4.90 Å². The number of benzene rings is 1. The fraction of sp³-hybridized carbons (Fsp3) is 0.524. The van der Waals surface area contributed by atoms with Crippen molar-refractivity contribution in [2.75, 3.05) is 13.6 Å². The van der Waals surface area contributed by atoms with Gasteiger partial charge in [0.05, 0.1) is 17.4 Å². The summed E-state index contributed by atoms with van der Waals surface area (Å²) in [6.07, 6.45) is -0.542. The number of carbonyl (C=O) groups excluding carboxylic acids is 1. The third-order valence-corrected chi connectivity index (χ3v) is 7.21. The quantitative estimate of drug-likeness (QED) is 0.501. The van der Waals surface area contributed by atoms with E-state index in [0.29, 0.717) is 19.4 Å². The number of phenols is 1. The topological polar surface area (TPSA) is 137 Å². The Morgan fingerprint density at radius 2 is 2.17 bits per heavy atom. The molecule has 0 aromatic heterocycles. The van der Waals surface area contributed by atoms with Crippen LogP contribution in [0.5, 0.6) is 11.5 Å². The summed E-state index contributed by atoms with van der Waals surface area (Å²) in [4.78, 5) is 25.2. The molecule has 2 aliphatic heterocycles. The number of ether oxygens (including phenoxy) is 2. The molecule has 9 heteroatoms. The molecule has 160 valence electrons. The second-order valence-electron chi connectivity index (χ2n) is 8.64. The minimum atomic E-state index is -1.81. The third kappa shape index (κ3) is 2.28. The van der Waals surface area contributed by atoms with E-state index >= 15 is 0 Å². The van der Waals surface area contributed by atoms with Crippen molar-refractivity contribution in [2.24, 2.45) is 0 Å². The fourth-order valence-electron chi connectivity index (χ4n) is 5.87. The minimum absolute atomic E-state index is 0.0474. The van der Waals surface area contributed by atoms with Crippen LogP contribution in [0.4, 0.5) is 0 Å². The number of carboxylic acid groups (broad SMARTS) is 1. The molecule has 1 aromatic rings. The summed E-state index contributed by atoms with van der Waals surface area (Å²) in [6.45, 7) is 0.685. The summed E-state index contributed by atoms with van der Waals surface area (Å²) in [5.74, 6) is -2.05. The van der Waals surface area contributed by atoms with E-state index in [4.69, 9.17) is 14.6 Å². The molecule has 1 aromatic carbocycles. The Morgan fingerprint density at radius 3 is 2.90 bits per heavy atom. The fourth-order valence-corrected chi connectivity index (χ4v) is 5.87. The lowest BCUT2D eigenvalue weighted by Gasteiger charge is -2.61. The number of aliphatic hydroxyl groups is 2. The van der Waals surface area contributed by atoms with Gasteiger partial charge in [0, 0.05) is 18.0 Å². The van der Waals surface area contributed by atoms with Crippen LogP contribution in [0.3, 0.4) is 0 Å². The summed E-state index contributed by atoms with van der Waals surface area (Å²) < 4.78 is 11.5. The minimum Gasteiger partial charge on any atom is -0.504 e. The Morgan fingerprint density at radius 1 is 1.40 bits per heavy atom. The number of aliphatic hydroxyl groups excluding tert-OH is 1. The Hall–Kier alpha value is -2.62. The highest BCUT2D eigenvalue weighted by atomic mass is 16.6. The molecule has 1 spiro atoms. The highest BCUT2D eigenvalue weighted by molar-refractivity contribution is 5.81. The van der Waals surface area contributed by atoms with Crippen LogP contribution in [0, 0.1) is 0 Å². The number of aromatic hydroxyl groups is 1. The smallest absolute Gasteiger partial charge is 0.340 e. The molecule has 4 aliphatic rings. The van der Waals surface area contributed by atoms with Gasteiger partial charge in [0.1, 0.15) is 5.76 Å². The molecular formula is C21H23NO8. The summed E-state index contributed by atoms with van der Waals surface area (Å²) in [5.41, 5.74) is -0.364. The number of rotatable bonds is 4. The number of hydrogen-bond donors (Lipinski definition) is 4. The maximum absolute atomic E-state index is 12.3. The van der Waals surface area contributed by atoms with Gasteiger partial charge < -0.3 is 34.8 Å². The van der Waals surface area contributed by atoms with Gasteiger partial charge in [0.15, 0.2) is 23.7 Å². The van der Waals surface area contributed by atoms with E-state index < -0.39 is 41.6 Å². The van der Waals surface area contributed by atoms with Gasteiger partial charge in [-0.2, -0.15) is 0 Å². The van der Waals surface area contributed by atoms with Gasteiger partial charge in [-0.05, 0) is 44.1 Å². The van der Waals surface area contributed by atoms with E-state index in [1.165, 1.54) is 0 Å². The van der Waals surface area contributed by atoms with Crippen LogP contribution in [0.15, 0.2) is 24.0 Å². The SMILES string of the molecule is CN1CCC23c4c5ccc(O)c4OC2C(OC(=O)[C@@H](O)CC(=O)O)=CC[C@@]3(O)[C@H]1C5. The Labute approximate surface area is 172 Å². The number of carboxylic acids is 1. The molecule has 9 nitrogen and oxygen atoms in total. The number of piperidine rings is 1. The van der Waals surface area contributed by atoms with Gasteiger partial charge in [-0.1, -0.05) is 6.07 Å². The van der Waals surface area contributed by atoms with Crippen LogP contribution in [-0.4, -0.2) is 74.7 Å². The zero-order valence-electron chi connectivity index (χ0n) is 16.4. The molecule has 5 atom stereocenters.